The number of ether oxygens (including phenoxy) is 2. The molecule has 1 saturated heterocycles. The minimum absolute atomic E-state index is 0.114. The van der Waals surface area contributed by atoms with Gasteiger partial charge in [-0.05, 0) is 25.8 Å². The van der Waals surface area contributed by atoms with Gasteiger partial charge in [0.1, 0.15) is 0 Å². The standard InChI is InChI=1S/C12H19N3O2/c1-12(6-3-7-17-12)8-14-11-9(13)4-5-10(15-11)16-2/h4-5H,3,6-8,13H2,1-2H3,(H,14,15). The van der Waals surface area contributed by atoms with Crippen molar-refractivity contribution in [3.05, 3.63) is 12.1 Å². The molecular formula is C12H19N3O2. The highest BCUT2D eigenvalue weighted by atomic mass is 16.5. The summed E-state index contributed by atoms with van der Waals surface area (Å²) in [4.78, 5) is 4.27. The van der Waals surface area contributed by atoms with Gasteiger partial charge in [0.2, 0.25) is 5.88 Å². The first kappa shape index (κ1) is 12.0. The van der Waals surface area contributed by atoms with E-state index < -0.39 is 0 Å². The normalized spacial score (nSPS) is 23.6. The number of pyridine rings is 1. The molecule has 2 heterocycles. The Bertz CT molecular complexity index is 389. The first-order valence-electron chi connectivity index (χ1n) is 5.81. The maximum atomic E-state index is 5.85. The number of anilines is 2. The van der Waals surface area contributed by atoms with Crippen molar-refractivity contribution >= 4 is 11.5 Å². The molecule has 0 aliphatic carbocycles. The van der Waals surface area contributed by atoms with Crippen LogP contribution in [-0.4, -0.2) is 30.8 Å². The summed E-state index contributed by atoms with van der Waals surface area (Å²) in [6.45, 7) is 3.64. The van der Waals surface area contributed by atoms with Gasteiger partial charge in [-0.2, -0.15) is 4.98 Å². The van der Waals surface area contributed by atoms with E-state index in [9.17, 15) is 0 Å². The number of rotatable bonds is 4. The van der Waals surface area contributed by atoms with Gasteiger partial charge in [-0.1, -0.05) is 0 Å². The zero-order valence-corrected chi connectivity index (χ0v) is 10.3. The van der Waals surface area contributed by atoms with Crippen molar-refractivity contribution < 1.29 is 9.47 Å². The Morgan fingerprint density at radius 1 is 1.59 bits per heavy atom. The summed E-state index contributed by atoms with van der Waals surface area (Å²) >= 11 is 0. The van der Waals surface area contributed by atoms with Crippen molar-refractivity contribution in [1.82, 2.24) is 4.98 Å². The molecule has 0 aromatic carbocycles. The largest absolute Gasteiger partial charge is 0.481 e. The SMILES string of the molecule is COc1ccc(N)c(NCC2(C)CCCO2)n1. The number of nitrogens with one attached hydrogen (secondary N) is 1. The summed E-state index contributed by atoms with van der Waals surface area (Å²) < 4.78 is 10.8. The molecule has 0 saturated carbocycles. The highest BCUT2D eigenvalue weighted by Crippen LogP contribution is 2.26. The summed E-state index contributed by atoms with van der Waals surface area (Å²) in [5, 5.41) is 3.23. The van der Waals surface area contributed by atoms with Gasteiger partial charge in [0.25, 0.3) is 0 Å². The van der Waals surface area contributed by atoms with E-state index in [4.69, 9.17) is 15.2 Å². The van der Waals surface area contributed by atoms with Crippen molar-refractivity contribution in [3.8, 4) is 5.88 Å². The van der Waals surface area contributed by atoms with Crippen molar-refractivity contribution in [2.75, 3.05) is 31.3 Å². The summed E-state index contributed by atoms with van der Waals surface area (Å²) in [7, 11) is 1.59. The van der Waals surface area contributed by atoms with Gasteiger partial charge < -0.3 is 20.5 Å². The number of nitrogens with two attached hydrogens (primary N) is 1. The molecule has 2 rings (SSSR count). The molecule has 0 radical (unpaired) electrons. The van der Waals surface area contributed by atoms with Crippen molar-refractivity contribution in [1.29, 1.82) is 0 Å². The van der Waals surface area contributed by atoms with E-state index in [0.29, 0.717) is 23.9 Å². The molecular weight excluding hydrogens is 218 g/mol. The molecule has 1 atom stereocenters. The lowest BCUT2D eigenvalue weighted by molar-refractivity contribution is 0.0315. The van der Waals surface area contributed by atoms with Gasteiger partial charge in [-0.15, -0.1) is 0 Å². The van der Waals surface area contributed by atoms with E-state index in [1.165, 1.54) is 0 Å². The Balaban J connectivity index is 2.02. The smallest absolute Gasteiger partial charge is 0.215 e. The highest BCUT2D eigenvalue weighted by molar-refractivity contribution is 5.62. The van der Waals surface area contributed by atoms with Crippen LogP contribution in [0.2, 0.25) is 0 Å². The first-order valence-corrected chi connectivity index (χ1v) is 5.81. The highest BCUT2D eigenvalue weighted by Gasteiger charge is 2.29. The molecule has 94 valence electrons. The Kier molecular flexibility index (Phi) is 3.38. The van der Waals surface area contributed by atoms with Crippen LogP contribution in [0.4, 0.5) is 11.5 Å². The zero-order chi connectivity index (χ0) is 12.3. The third kappa shape index (κ3) is 2.79. The molecule has 3 N–H and O–H groups in total. The fraction of sp³-hybridized carbons (Fsp3) is 0.583. The predicted octanol–water partition coefficient (Wildman–Crippen LogP) is 1.65. The predicted molar refractivity (Wildman–Crippen MR) is 67.3 cm³/mol. The summed E-state index contributed by atoms with van der Waals surface area (Å²) in [5.74, 6) is 1.21. The maximum Gasteiger partial charge on any atom is 0.215 e. The molecule has 0 amide bonds. The van der Waals surface area contributed by atoms with Crippen LogP contribution < -0.4 is 15.8 Å². The topological polar surface area (TPSA) is 69.4 Å². The van der Waals surface area contributed by atoms with Crippen molar-refractivity contribution in [2.24, 2.45) is 0 Å². The molecule has 0 bridgehead atoms. The second-order valence-corrected chi connectivity index (χ2v) is 4.55. The van der Waals surface area contributed by atoms with E-state index in [1.54, 1.807) is 19.2 Å². The summed E-state index contributed by atoms with van der Waals surface area (Å²) in [6, 6.07) is 3.53. The van der Waals surface area contributed by atoms with Crippen LogP contribution in [-0.2, 0) is 4.74 Å². The quantitative estimate of drug-likeness (QED) is 0.833. The lowest BCUT2D eigenvalue weighted by Crippen LogP contribution is -2.33. The molecule has 1 aliphatic heterocycles. The molecule has 1 unspecified atom stereocenters. The molecule has 1 aliphatic rings. The second-order valence-electron chi connectivity index (χ2n) is 4.55. The van der Waals surface area contributed by atoms with E-state index >= 15 is 0 Å². The van der Waals surface area contributed by atoms with Gasteiger partial charge in [0.05, 0.1) is 18.4 Å². The Hall–Kier alpha value is -1.49. The van der Waals surface area contributed by atoms with Crippen LogP contribution in [0.3, 0.4) is 0 Å². The summed E-state index contributed by atoms with van der Waals surface area (Å²) in [5.41, 5.74) is 6.35. The number of aromatic nitrogens is 1. The lowest BCUT2D eigenvalue weighted by Gasteiger charge is -2.24. The molecule has 5 nitrogen and oxygen atoms in total. The molecule has 1 aromatic heterocycles. The number of methoxy groups -OCH3 is 1. The van der Waals surface area contributed by atoms with E-state index in [-0.39, 0.29) is 5.60 Å². The maximum absolute atomic E-state index is 5.85. The molecule has 0 spiro atoms. The Labute approximate surface area is 101 Å². The van der Waals surface area contributed by atoms with Crippen molar-refractivity contribution in [2.45, 2.75) is 25.4 Å². The third-order valence-corrected chi connectivity index (χ3v) is 3.04. The van der Waals surface area contributed by atoms with Crippen LogP contribution in [0.15, 0.2) is 12.1 Å². The third-order valence-electron chi connectivity index (χ3n) is 3.04. The van der Waals surface area contributed by atoms with Crippen LogP contribution in [0.5, 0.6) is 5.88 Å². The number of nitrogen functional groups attached to an aromatic ring is 1. The number of nitrogens with zero attached hydrogens (tertiary/aromatic N) is 1. The molecule has 17 heavy (non-hydrogen) atoms. The van der Waals surface area contributed by atoms with Crippen LogP contribution in [0, 0.1) is 0 Å². The average molecular weight is 237 g/mol. The Morgan fingerprint density at radius 2 is 2.41 bits per heavy atom. The summed E-state index contributed by atoms with van der Waals surface area (Å²) in [6.07, 6.45) is 2.17. The van der Waals surface area contributed by atoms with E-state index in [1.807, 2.05) is 0 Å². The fourth-order valence-electron chi connectivity index (χ4n) is 1.95. The fourth-order valence-corrected chi connectivity index (χ4v) is 1.95. The van der Waals surface area contributed by atoms with Gasteiger partial charge in [-0.3, -0.25) is 0 Å². The first-order chi connectivity index (χ1) is 8.13. The van der Waals surface area contributed by atoms with Crippen LogP contribution in [0.25, 0.3) is 0 Å². The second kappa shape index (κ2) is 4.79. The van der Waals surface area contributed by atoms with Gasteiger partial charge in [0, 0.05) is 19.2 Å². The number of hydrogen-bond donors (Lipinski definition) is 2. The monoisotopic (exact) mass is 237 g/mol. The minimum atomic E-state index is -0.114. The zero-order valence-electron chi connectivity index (χ0n) is 10.3. The van der Waals surface area contributed by atoms with E-state index in [2.05, 4.69) is 17.2 Å². The minimum Gasteiger partial charge on any atom is -0.481 e. The average Bonchev–Trinajstić information content (AvgIpc) is 2.76. The lowest BCUT2D eigenvalue weighted by atomic mass is 10.0. The van der Waals surface area contributed by atoms with Gasteiger partial charge in [0.15, 0.2) is 5.82 Å². The number of hydrogen-bond acceptors (Lipinski definition) is 5. The van der Waals surface area contributed by atoms with Crippen molar-refractivity contribution in [3.63, 3.8) is 0 Å². The van der Waals surface area contributed by atoms with E-state index in [0.717, 1.165) is 19.4 Å². The van der Waals surface area contributed by atoms with Crippen LogP contribution in [0.1, 0.15) is 19.8 Å². The molecule has 5 heteroatoms. The van der Waals surface area contributed by atoms with Gasteiger partial charge in [-0.25, -0.2) is 0 Å². The Morgan fingerprint density at radius 3 is 3.06 bits per heavy atom. The van der Waals surface area contributed by atoms with Crippen LogP contribution >= 0.6 is 0 Å². The molecule has 1 fully saturated rings. The van der Waals surface area contributed by atoms with Gasteiger partial charge >= 0.3 is 0 Å². The molecule has 1 aromatic rings.